The third-order valence-electron chi connectivity index (χ3n) is 4.18. The van der Waals surface area contributed by atoms with Crippen molar-refractivity contribution in [3.63, 3.8) is 0 Å². The van der Waals surface area contributed by atoms with Crippen molar-refractivity contribution in [1.29, 1.82) is 0 Å². The van der Waals surface area contributed by atoms with E-state index >= 15 is 0 Å². The van der Waals surface area contributed by atoms with Crippen LogP contribution in [0.15, 0.2) is 18.2 Å². The Morgan fingerprint density at radius 1 is 1.28 bits per heavy atom. The number of nitrogens with zero attached hydrogens (tertiary/aromatic N) is 1. The van der Waals surface area contributed by atoms with Crippen molar-refractivity contribution in [3.05, 3.63) is 29.3 Å². The summed E-state index contributed by atoms with van der Waals surface area (Å²) in [4.78, 5) is 13.6. The summed E-state index contributed by atoms with van der Waals surface area (Å²) in [5.74, 6) is -0.692. The maximum Gasteiger partial charge on any atom is 0.329 e. The maximum absolute atomic E-state index is 11.7. The maximum atomic E-state index is 11.7. The lowest BCUT2D eigenvalue weighted by Crippen LogP contribution is -2.51. The van der Waals surface area contributed by atoms with E-state index < -0.39 is 11.5 Å². The van der Waals surface area contributed by atoms with Gasteiger partial charge >= 0.3 is 5.97 Å². The van der Waals surface area contributed by atoms with Gasteiger partial charge in [-0.15, -0.1) is 0 Å². The van der Waals surface area contributed by atoms with Crippen molar-refractivity contribution >= 4 is 11.7 Å². The molecule has 0 unspecified atom stereocenters. The Labute approximate surface area is 108 Å². The molecule has 3 nitrogen and oxygen atoms in total. The molecule has 0 heterocycles. The molecule has 1 aromatic rings. The predicted octanol–water partition coefficient (Wildman–Crippen LogP) is 3.14. The summed E-state index contributed by atoms with van der Waals surface area (Å²) >= 11 is 0. The lowest BCUT2D eigenvalue weighted by atomic mass is 9.94. The summed E-state index contributed by atoms with van der Waals surface area (Å²) in [6.07, 6.45) is 3.49. The van der Waals surface area contributed by atoms with Gasteiger partial charge in [0.2, 0.25) is 0 Å². The van der Waals surface area contributed by atoms with Gasteiger partial charge in [-0.05, 0) is 38.3 Å². The topological polar surface area (TPSA) is 40.5 Å². The van der Waals surface area contributed by atoms with Gasteiger partial charge in [-0.1, -0.05) is 30.5 Å². The van der Waals surface area contributed by atoms with Crippen LogP contribution in [0.5, 0.6) is 0 Å². The molecule has 0 saturated heterocycles. The molecule has 1 fully saturated rings. The Bertz CT molecular complexity index is 462. The number of carboxylic acid groups (broad SMARTS) is 1. The van der Waals surface area contributed by atoms with Crippen LogP contribution in [0.4, 0.5) is 5.69 Å². The number of anilines is 1. The molecule has 0 amide bonds. The highest BCUT2D eigenvalue weighted by molar-refractivity contribution is 5.84. The van der Waals surface area contributed by atoms with Crippen molar-refractivity contribution in [1.82, 2.24) is 0 Å². The SMILES string of the molecule is Cc1ccc(N(C)C2(C(=O)O)CCCC2)c(C)c1. The van der Waals surface area contributed by atoms with Gasteiger partial charge in [-0.2, -0.15) is 0 Å². The zero-order chi connectivity index (χ0) is 13.3. The molecule has 18 heavy (non-hydrogen) atoms. The molecule has 1 aliphatic rings. The second kappa shape index (κ2) is 4.63. The fourth-order valence-corrected chi connectivity index (χ4v) is 3.06. The van der Waals surface area contributed by atoms with Crippen molar-refractivity contribution in [2.75, 3.05) is 11.9 Å². The van der Waals surface area contributed by atoms with Gasteiger partial charge in [0.1, 0.15) is 5.54 Å². The minimum Gasteiger partial charge on any atom is -0.479 e. The second-order valence-electron chi connectivity index (χ2n) is 5.39. The van der Waals surface area contributed by atoms with Crippen LogP contribution in [-0.4, -0.2) is 23.7 Å². The molecular weight excluding hydrogens is 226 g/mol. The third kappa shape index (κ3) is 1.98. The number of hydrogen-bond acceptors (Lipinski definition) is 2. The number of carboxylic acids is 1. The van der Waals surface area contributed by atoms with Crippen LogP contribution in [0, 0.1) is 13.8 Å². The normalized spacial score (nSPS) is 17.7. The van der Waals surface area contributed by atoms with Crippen LogP contribution in [0.3, 0.4) is 0 Å². The van der Waals surface area contributed by atoms with Gasteiger partial charge in [0.05, 0.1) is 0 Å². The first kappa shape index (κ1) is 12.9. The fraction of sp³-hybridized carbons (Fsp3) is 0.533. The van der Waals surface area contributed by atoms with Crippen LogP contribution in [0.1, 0.15) is 36.8 Å². The van der Waals surface area contributed by atoms with Gasteiger partial charge in [-0.3, -0.25) is 0 Å². The second-order valence-corrected chi connectivity index (χ2v) is 5.39. The molecular formula is C15H21NO2. The zero-order valence-corrected chi connectivity index (χ0v) is 11.4. The van der Waals surface area contributed by atoms with Gasteiger partial charge in [-0.25, -0.2) is 4.79 Å². The first-order chi connectivity index (χ1) is 8.47. The molecule has 0 bridgehead atoms. The van der Waals surface area contributed by atoms with E-state index in [-0.39, 0.29) is 0 Å². The first-order valence-corrected chi connectivity index (χ1v) is 6.52. The van der Waals surface area contributed by atoms with Gasteiger partial charge < -0.3 is 10.0 Å². The van der Waals surface area contributed by atoms with Crippen molar-refractivity contribution in [2.24, 2.45) is 0 Å². The summed E-state index contributed by atoms with van der Waals surface area (Å²) in [5.41, 5.74) is 2.68. The van der Waals surface area contributed by atoms with E-state index in [0.29, 0.717) is 0 Å². The van der Waals surface area contributed by atoms with E-state index in [2.05, 4.69) is 13.0 Å². The molecule has 0 spiro atoms. The number of aryl methyl sites for hydroxylation is 2. The Morgan fingerprint density at radius 2 is 1.89 bits per heavy atom. The first-order valence-electron chi connectivity index (χ1n) is 6.52. The molecule has 98 valence electrons. The molecule has 1 N–H and O–H groups in total. The molecule has 3 heteroatoms. The van der Waals surface area contributed by atoms with Crippen LogP contribution >= 0.6 is 0 Å². The minimum absolute atomic E-state index is 0.692. The quantitative estimate of drug-likeness (QED) is 0.892. The van der Waals surface area contributed by atoms with E-state index in [1.165, 1.54) is 5.56 Å². The minimum atomic E-state index is -0.708. The van der Waals surface area contributed by atoms with Crippen molar-refractivity contribution < 1.29 is 9.90 Å². The highest BCUT2D eigenvalue weighted by atomic mass is 16.4. The summed E-state index contributed by atoms with van der Waals surface area (Å²) < 4.78 is 0. The van der Waals surface area contributed by atoms with Crippen LogP contribution < -0.4 is 4.90 Å². The van der Waals surface area contributed by atoms with Crippen molar-refractivity contribution in [2.45, 2.75) is 45.1 Å². The number of likely N-dealkylation sites (N-methyl/N-ethyl adjacent to an activating group) is 1. The molecule has 0 aliphatic heterocycles. The zero-order valence-electron chi connectivity index (χ0n) is 11.4. The molecule has 1 aliphatic carbocycles. The Kier molecular flexibility index (Phi) is 3.33. The largest absolute Gasteiger partial charge is 0.479 e. The van der Waals surface area contributed by atoms with E-state index in [0.717, 1.165) is 36.9 Å². The average Bonchev–Trinajstić information content (AvgIpc) is 2.78. The Morgan fingerprint density at radius 3 is 2.39 bits per heavy atom. The monoisotopic (exact) mass is 247 g/mol. The van der Waals surface area contributed by atoms with Crippen molar-refractivity contribution in [3.8, 4) is 0 Å². The van der Waals surface area contributed by atoms with Gasteiger partial charge in [0.15, 0.2) is 0 Å². The lowest BCUT2D eigenvalue weighted by molar-refractivity contribution is -0.143. The highest BCUT2D eigenvalue weighted by Crippen LogP contribution is 2.38. The average molecular weight is 247 g/mol. The molecule has 0 radical (unpaired) electrons. The summed E-state index contributed by atoms with van der Waals surface area (Å²) in [6, 6.07) is 6.19. The van der Waals surface area contributed by atoms with Gasteiger partial charge in [0.25, 0.3) is 0 Å². The number of rotatable bonds is 3. The smallest absolute Gasteiger partial charge is 0.329 e. The molecule has 1 saturated carbocycles. The summed E-state index contributed by atoms with van der Waals surface area (Å²) in [7, 11) is 1.91. The molecule has 0 aromatic heterocycles. The third-order valence-corrected chi connectivity index (χ3v) is 4.18. The number of benzene rings is 1. The standard InChI is InChI=1S/C15H21NO2/c1-11-6-7-13(12(2)10-11)16(3)15(14(17)18)8-4-5-9-15/h6-7,10H,4-5,8-9H2,1-3H3,(H,17,18). The number of hydrogen-bond donors (Lipinski definition) is 1. The van der Waals surface area contributed by atoms with E-state index in [1.54, 1.807) is 0 Å². The van der Waals surface area contributed by atoms with E-state index in [9.17, 15) is 9.90 Å². The van der Waals surface area contributed by atoms with Crippen LogP contribution in [0.2, 0.25) is 0 Å². The summed E-state index contributed by atoms with van der Waals surface area (Å²) in [6.45, 7) is 4.10. The van der Waals surface area contributed by atoms with E-state index in [1.807, 2.05) is 31.0 Å². The summed E-state index contributed by atoms with van der Waals surface area (Å²) in [5, 5.41) is 9.60. The Hall–Kier alpha value is -1.51. The van der Waals surface area contributed by atoms with Crippen LogP contribution in [-0.2, 0) is 4.79 Å². The van der Waals surface area contributed by atoms with E-state index in [4.69, 9.17) is 0 Å². The highest BCUT2D eigenvalue weighted by Gasteiger charge is 2.45. The predicted molar refractivity (Wildman–Crippen MR) is 73.2 cm³/mol. The Balaban J connectivity index is 2.40. The molecule has 1 aromatic carbocycles. The lowest BCUT2D eigenvalue weighted by Gasteiger charge is -2.37. The molecule has 0 atom stereocenters. The van der Waals surface area contributed by atoms with Gasteiger partial charge in [0, 0.05) is 12.7 Å². The fourth-order valence-electron chi connectivity index (χ4n) is 3.06. The number of aliphatic carboxylic acids is 1. The van der Waals surface area contributed by atoms with Crippen LogP contribution in [0.25, 0.3) is 0 Å². The number of carbonyl (C=O) groups is 1. The molecule has 2 rings (SSSR count).